The van der Waals surface area contributed by atoms with Crippen LogP contribution in [0.15, 0.2) is 48.7 Å². The number of amidine groups is 1. The normalized spacial score (nSPS) is 9.25. The van der Waals surface area contributed by atoms with Gasteiger partial charge < -0.3 is 5.73 Å². The van der Waals surface area contributed by atoms with Gasteiger partial charge in [0.25, 0.3) is 0 Å². The lowest BCUT2D eigenvalue weighted by molar-refractivity contribution is 1.26. The number of nitrogens with one attached hydrogen (secondary N) is 1. The highest BCUT2D eigenvalue weighted by atomic mass is 35.5. The van der Waals surface area contributed by atoms with Crippen LogP contribution in [0.1, 0.15) is 5.69 Å². The zero-order chi connectivity index (χ0) is 10.7. The number of pyridine rings is 1. The molecule has 0 atom stereocenters. The van der Waals surface area contributed by atoms with Crippen molar-refractivity contribution in [3.63, 3.8) is 0 Å². The van der Waals surface area contributed by atoms with Crippen LogP contribution in [0.2, 0.25) is 0 Å². The molecule has 0 saturated heterocycles. The zero-order valence-corrected chi connectivity index (χ0v) is 9.37. The Morgan fingerprint density at radius 2 is 1.75 bits per heavy atom. The van der Waals surface area contributed by atoms with Gasteiger partial charge in [0.1, 0.15) is 11.5 Å². The van der Waals surface area contributed by atoms with Crippen LogP contribution in [-0.2, 0) is 0 Å². The van der Waals surface area contributed by atoms with Crippen LogP contribution in [0.3, 0.4) is 0 Å². The molecule has 0 amide bonds. The zero-order valence-electron chi connectivity index (χ0n) is 8.55. The molecule has 0 saturated carbocycles. The topological polar surface area (TPSA) is 62.8 Å². The van der Waals surface area contributed by atoms with Gasteiger partial charge >= 0.3 is 0 Å². The molecule has 3 N–H and O–H groups in total. The highest BCUT2D eigenvalue weighted by Crippen LogP contribution is 2.18. The Bertz CT molecular complexity index is 483. The van der Waals surface area contributed by atoms with Gasteiger partial charge in [0, 0.05) is 6.20 Å². The van der Waals surface area contributed by atoms with Gasteiger partial charge in [-0.05, 0) is 23.3 Å². The van der Waals surface area contributed by atoms with E-state index in [1.165, 1.54) is 0 Å². The molecule has 1 heterocycles. The molecule has 3 nitrogen and oxygen atoms in total. The van der Waals surface area contributed by atoms with E-state index in [1.807, 2.05) is 42.5 Å². The summed E-state index contributed by atoms with van der Waals surface area (Å²) in [6.45, 7) is 0. The van der Waals surface area contributed by atoms with Gasteiger partial charge in [0.15, 0.2) is 0 Å². The quantitative estimate of drug-likeness (QED) is 0.618. The highest BCUT2D eigenvalue weighted by Gasteiger charge is 2.01. The molecular weight excluding hydrogens is 222 g/mol. The SMILES string of the molecule is Cl.N=C(N)c1cc(-c2ccccc2)ccn1. The molecule has 0 unspecified atom stereocenters. The Kier molecular flexibility index (Phi) is 4.03. The number of rotatable bonds is 2. The number of nitrogen functional groups attached to an aromatic ring is 1. The first-order valence-corrected chi connectivity index (χ1v) is 4.63. The first kappa shape index (κ1) is 12.2. The number of aromatic nitrogens is 1. The molecule has 82 valence electrons. The summed E-state index contributed by atoms with van der Waals surface area (Å²) >= 11 is 0. The molecule has 0 aliphatic rings. The highest BCUT2D eigenvalue weighted by molar-refractivity contribution is 5.94. The van der Waals surface area contributed by atoms with E-state index in [-0.39, 0.29) is 18.2 Å². The Balaban J connectivity index is 0.00000128. The van der Waals surface area contributed by atoms with Crippen molar-refractivity contribution in [1.82, 2.24) is 4.98 Å². The van der Waals surface area contributed by atoms with E-state index in [9.17, 15) is 0 Å². The number of hydrogen-bond donors (Lipinski definition) is 2. The second-order valence-electron chi connectivity index (χ2n) is 3.21. The number of hydrogen-bond acceptors (Lipinski definition) is 2. The average molecular weight is 234 g/mol. The molecular formula is C12H12ClN3. The molecule has 0 aliphatic carbocycles. The molecule has 1 aromatic heterocycles. The van der Waals surface area contributed by atoms with Crippen molar-refractivity contribution < 1.29 is 0 Å². The first-order valence-electron chi connectivity index (χ1n) is 4.63. The van der Waals surface area contributed by atoms with Gasteiger partial charge in [-0.15, -0.1) is 12.4 Å². The minimum atomic E-state index is -0.00668. The van der Waals surface area contributed by atoms with E-state index in [0.29, 0.717) is 5.69 Å². The lowest BCUT2D eigenvalue weighted by atomic mass is 10.1. The molecule has 0 bridgehead atoms. The maximum Gasteiger partial charge on any atom is 0.141 e. The van der Waals surface area contributed by atoms with E-state index in [4.69, 9.17) is 11.1 Å². The summed E-state index contributed by atoms with van der Waals surface area (Å²) in [7, 11) is 0. The third-order valence-electron chi connectivity index (χ3n) is 2.14. The van der Waals surface area contributed by atoms with Crippen LogP contribution in [0.4, 0.5) is 0 Å². The lowest BCUT2D eigenvalue weighted by Crippen LogP contribution is -2.12. The third-order valence-corrected chi connectivity index (χ3v) is 2.14. The van der Waals surface area contributed by atoms with Crippen LogP contribution in [0.5, 0.6) is 0 Å². The summed E-state index contributed by atoms with van der Waals surface area (Å²) in [6.07, 6.45) is 1.67. The number of nitrogens with zero attached hydrogens (tertiary/aromatic N) is 1. The molecule has 0 aliphatic heterocycles. The van der Waals surface area contributed by atoms with E-state index in [1.54, 1.807) is 6.20 Å². The van der Waals surface area contributed by atoms with Gasteiger partial charge in [-0.2, -0.15) is 0 Å². The van der Waals surface area contributed by atoms with E-state index in [2.05, 4.69) is 4.98 Å². The summed E-state index contributed by atoms with van der Waals surface area (Å²) in [4.78, 5) is 4.01. The molecule has 0 spiro atoms. The van der Waals surface area contributed by atoms with E-state index in [0.717, 1.165) is 11.1 Å². The summed E-state index contributed by atoms with van der Waals surface area (Å²) in [5.74, 6) is -0.00668. The van der Waals surface area contributed by atoms with Crippen molar-refractivity contribution in [2.75, 3.05) is 0 Å². The smallest absolute Gasteiger partial charge is 0.141 e. The number of halogens is 1. The van der Waals surface area contributed by atoms with Crippen molar-refractivity contribution in [2.45, 2.75) is 0 Å². The van der Waals surface area contributed by atoms with Gasteiger partial charge in [-0.25, -0.2) is 0 Å². The Labute approximate surface area is 100 Å². The van der Waals surface area contributed by atoms with Crippen LogP contribution in [-0.4, -0.2) is 10.8 Å². The molecule has 16 heavy (non-hydrogen) atoms. The predicted octanol–water partition coefficient (Wildman–Crippen LogP) is 2.45. The van der Waals surface area contributed by atoms with Gasteiger partial charge in [0.2, 0.25) is 0 Å². The van der Waals surface area contributed by atoms with Crippen LogP contribution in [0.25, 0.3) is 11.1 Å². The fraction of sp³-hybridized carbons (Fsp3) is 0. The average Bonchev–Trinajstić information content (AvgIpc) is 2.30. The van der Waals surface area contributed by atoms with Crippen LogP contribution >= 0.6 is 12.4 Å². The number of nitrogens with two attached hydrogens (primary N) is 1. The Morgan fingerprint density at radius 3 is 2.38 bits per heavy atom. The van der Waals surface area contributed by atoms with Gasteiger partial charge in [-0.3, -0.25) is 10.4 Å². The maximum atomic E-state index is 7.31. The fourth-order valence-corrected chi connectivity index (χ4v) is 1.39. The second kappa shape index (κ2) is 5.28. The molecule has 4 heteroatoms. The lowest BCUT2D eigenvalue weighted by Gasteiger charge is -2.02. The first-order chi connectivity index (χ1) is 7.27. The monoisotopic (exact) mass is 233 g/mol. The maximum absolute atomic E-state index is 7.31. The summed E-state index contributed by atoms with van der Waals surface area (Å²) in [6, 6.07) is 13.7. The molecule has 2 aromatic rings. The van der Waals surface area contributed by atoms with Crippen molar-refractivity contribution in [2.24, 2.45) is 5.73 Å². The van der Waals surface area contributed by atoms with E-state index >= 15 is 0 Å². The predicted molar refractivity (Wildman–Crippen MR) is 67.9 cm³/mol. The van der Waals surface area contributed by atoms with Crippen molar-refractivity contribution in [3.05, 3.63) is 54.4 Å². The van der Waals surface area contributed by atoms with Crippen LogP contribution in [0, 0.1) is 5.41 Å². The molecule has 0 radical (unpaired) electrons. The minimum Gasteiger partial charge on any atom is -0.382 e. The van der Waals surface area contributed by atoms with E-state index < -0.39 is 0 Å². The Morgan fingerprint density at radius 1 is 1.06 bits per heavy atom. The summed E-state index contributed by atoms with van der Waals surface area (Å²) in [5.41, 5.74) is 8.02. The van der Waals surface area contributed by atoms with Crippen molar-refractivity contribution in [1.29, 1.82) is 5.41 Å². The Hall–Kier alpha value is -1.87. The molecule has 0 fully saturated rings. The molecule has 2 rings (SSSR count). The fourth-order valence-electron chi connectivity index (χ4n) is 1.39. The van der Waals surface area contributed by atoms with Gasteiger partial charge in [0.05, 0.1) is 0 Å². The summed E-state index contributed by atoms with van der Waals surface area (Å²) < 4.78 is 0. The van der Waals surface area contributed by atoms with Gasteiger partial charge in [-0.1, -0.05) is 30.3 Å². The third kappa shape index (κ3) is 2.58. The van der Waals surface area contributed by atoms with Crippen molar-refractivity contribution >= 4 is 18.2 Å². The van der Waals surface area contributed by atoms with Crippen molar-refractivity contribution in [3.8, 4) is 11.1 Å². The number of benzene rings is 1. The largest absolute Gasteiger partial charge is 0.382 e. The van der Waals surface area contributed by atoms with Crippen LogP contribution < -0.4 is 5.73 Å². The molecule has 1 aromatic carbocycles. The summed E-state index contributed by atoms with van der Waals surface area (Å²) in [5, 5.41) is 7.31. The standard InChI is InChI=1S/C12H11N3.ClH/c13-12(14)11-8-10(6-7-15-11)9-4-2-1-3-5-9;/h1-8H,(H3,13,14);1H. The second-order valence-corrected chi connectivity index (χ2v) is 3.21. The minimum absolute atomic E-state index is 0.